The van der Waals surface area contributed by atoms with Crippen molar-refractivity contribution in [2.75, 3.05) is 12.7 Å². The van der Waals surface area contributed by atoms with Crippen molar-refractivity contribution in [2.24, 2.45) is 0 Å². The Kier molecular flexibility index (Phi) is 9.00. The monoisotopic (exact) mass is 640 g/mol. The highest BCUT2D eigenvalue weighted by Crippen LogP contribution is 2.55. The number of para-hydroxylation sites is 1. The van der Waals surface area contributed by atoms with Gasteiger partial charge in [0.1, 0.15) is 23.2 Å². The first-order chi connectivity index (χ1) is 20.1. The predicted molar refractivity (Wildman–Crippen MR) is 163 cm³/mol. The molecule has 1 fully saturated rings. The Labute approximate surface area is 255 Å². The van der Waals surface area contributed by atoms with Gasteiger partial charge in [-0.2, -0.15) is 0 Å². The minimum atomic E-state index is -2.47. The number of nitrogens with zero attached hydrogens (tertiary/aromatic N) is 1. The van der Waals surface area contributed by atoms with Crippen LogP contribution in [0.4, 0.5) is 0 Å². The van der Waals surface area contributed by atoms with Crippen molar-refractivity contribution in [3.8, 4) is 0 Å². The second kappa shape index (κ2) is 12.8. The van der Waals surface area contributed by atoms with Crippen LogP contribution in [-0.4, -0.2) is 46.5 Å². The molecule has 6 nitrogen and oxygen atoms in total. The van der Waals surface area contributed by atoms with Gasteiger partial charge in [0.2, 0.25) is 5.91 Å². The van der Waals surface area contributed by atoms with Crippen molar-refractivity contribution >= 4 is 51.9 Å². The first-order valence-electron chi connectivity index (χ1n) is 13.7. The number of carbonyl (C=O) groups is 3. The molecule has 1 aromatic heterocycles. The van der Waals surface area contributed by atoms with E-state index >= 15 is 0 Å². The van der Waals surface area contributed by atoms with Crippen LogP contribution in [0.1, 0.15) is 12.0 Å². The number of aromatic amines is 1. The Morgan fingerprint density at radius 1 is 0.786 bits per heavy atom. The molecule has 0 bridgehead atoms. The zero-order chi connectivity index (χ0) is 28.2. The standard InChI is InChI=1S/C34H30N2O4P.BrH/c37-32-22-31(34(39)36(32)21-20-25-23-35-30-19-11-10-18-29(25)30)40-33(38)24-41(26-12-4-1-5-13-26,27-14-6-2-7-15-27)28-16-8-3-9-17-28;/h1-19,23,31,35H,20-22,24H2;1H/q+1;/p-1/t31-;/m0./s1. The SMILES string of the molecule is O=C(C[P+](c1ccccc1)(c1ccccc1)c1ccccc1)O[C@H]1CC(=O)N(CCc2c[nH]c3ccccc23)C1=O.[Br-]. The third-order valence-electron chi connectivity index (χ3n) is 7.71. The molecule has 6 rings (SSSR count). The van der Waals surface area contributed by atoms with E-state index in [0.717, 1.165) is 32.4 Å². The summed E-state index contributed by atoms with van der Waals surface area (Å²) in [6.07, 6.45) is 1.27. The molecule has 2 amide bonds. The number of halogens is 1. The van der Waals surface area contributed by atoms with Gasteiger partial charge in [-0.3, -0.25) is 14.5 Å². The number of amides is 2. The van der Waals surface area contributed by atoms with Crippen LogP contribution in [0.5, 0.6) is 0 Å². The molecule has 8 heteroatoms. The summed E-state index contributed by atoms with van der Waals surface area (Å²) >= 11 is 0. The fourth-order valence-electron chi connectivity index (χ4n) is 5.71. The minimum Gasteiger partial charge on any atom is -1.00 e. The average molecular weight is 642 g/mol. The van der Waals surface area contributed by atoms with Crippen LogP contribution in [0.3, 0.4) is 0 Å². The van der Waals surface area contributed by atoms with Gasteiger partial charge in [-0.15, -0.1) is 0 Å². The molecule has 2 heterocycles. The Morgan fingerprint density at radius 2 is 1.31 bits per heavy atom. The Hall–Kier alpha value is -4.06. The minimum absolute atomic E-state index is 0. The van der Waals surface area contributed by atoms with Gasteiger partial charge in [0.15, 0.2) is 12.3 Å². The van der Waals surface area contributed by atoms with Crippen molar-refractivity contribution in [1.82, 2.24) is 9.88 Å². The van der Waals surface area contributed by atoms with Crippen LogP contribution in [0.2, 0.25) is 0 Å². The van der Waals surface area contributed by atoms with Crippen molar-refractivity contribution in [3.63, 3.8) is 0 Å². The number of hydrogen-bond acceptors (Lipinski definition) is 4. The number of esters is 1. The maximum atomic E-state index is 13.7. The van der Waals surface area contributed by atoms with Gasteiger partial charge in [-0.1, -0.05) is 72.8 Å². The summed E-state index contributed by atoms with van der Waals surface area (Å²) in [5, 5.41) is 4.20. The molecule has 1 saturated heterocycles. The predicted octanol–water partition coefficient (Wildman–Crippen LogP) is 1.38. The van der Waals surface area contributed by atoms with Crippen molar-refractivity contribution in [1.29, 1.82) is 0 Å². The quantitative estimate of drug-likeness (QED) is 0.150. The van der Waals surface area contributed by atoms with Gasteiger partial charge < -0.3 is 26.7 Å². The highest BCUT2D eigenvalue weighted by Gasteiger charge is 2.49. The number of fused-ring (bicyclic) bond motifs is 1. The third kappa shape index (κ3) is 5.67. The van der Waals surface area contributed by atoms with E-state index in [1.54, 1.807) is 0 Å². The highest BCUT2D eigenvalue weighted by molar-refractivity contribution is 7.96. The van der Waals surface area contributed by atoms with Gasteiger partial charge in [-0.25, -0.2) is 4.79 Å². The molecule has 0 unspecified atom stereocenters. The number of benzene rings is 4. The van der Waals surface area contributed by atoms with E-state index in [9.17, 15) is 14.4 Å². The Morgan fingerprint density at radius 3 is 1.88 bits per heavy atom. The first kappa shape index (κ1) is 29.4. The molecule has 5 aromatic rings. The van der Waals surface area contributed by atoms with E-state index in [-0.39, 0.29) is 42.0 Å². The molecule has 1 atom stereocenters. The van der Waals surface area contributed by atoms with E-state index < -0.39 is 25.2 Å². The summed E-state index contributed by atoms with van der Waals surface area (Å²) in [6, 6.07) is 38.0. The van der Waals surface area contributed by atoms with Crippen LogP contribution in [0, 0.1) is 0 Å². The summed E-state index contributed by atoms with van der Waals surface area (Å²) in [5.74, 6) is -1.26. The van der Waals surface area contributed by atoms with Crippen LogP contribution in [0.25, 0.3) is 10.9 Å². The van der Waals surface area contributed by atoms with Crippen LogP contribution in [-0.2, 0) is 25.5 Å². The summed E-state index contributed by atoms with van der Waals surface area (Å²) in [6.45, 7) is 0.239. The number of rotatable bonds is 9. The second-order valence-corrected chi connectivity index (χ2v) is 13.6. The van der Waals surface area contributed by atoms with E-state index in [1.807, 2.05) is 85.1 Å². The maximum absolute atomic E-state index is 13.7. The second-order valence-electron chi connectivity index (χ2n) is 10.2. The van der Waals surface area contributed by atoms with Crippen molar-refractivity contribution in [3.05, 3.63) is 127 Å². The number of imide groups is 1. The fourth-order valence-corrected chi connectivity index (χ4v) is 9.66. The number of ether oxygens (including phenoxy) is 1. The lowest BCUT2D eigenvalue weighted by Crippen LogP contribution is -3.00. The van der Waals surface area contributed by atoms with Crippen LogP contribution < -0.4 is 32.9 Å². The molecule has 0 aliphatic carbocycles. The van der Waals surface area contributed by atoms with Gasteiger partial charge in [0.25, 0.3) is 5.91 Å². The summed E-state index contributed by atoms with van der Waals surface area (Å²) < 4.78 is 5.82. The molecular weight excluding hydrogens is 611 g/mol. The molecule has 1 N–H and O–H groups in total. The molecule has 0 radical (unpaired) electrons. The number of nitrogens with one attached hydrogen (secondary N) is 1. The largest absolute Gasteiger partial charge is 1.00 e. The number of H-pyrrole nitrogens is 1. The molecule has 0 spiro atoms. The summed E-state index contributed by atoms with van der Waals surface area (Å²) in [7, 11) is -2.47. The van der Waals surface area contributed by atoms with E-state index in [4.69, 9.17) is 4.74 Å². The molecular formula is C34H30BrN2O4P. The van der Waals surface area contributed by atoms with Gasteiger partial charge >= 0.3 is 5.97 Å². The molecule has 212 valence electrons. The fraction of sp³-hybridized carbons (Fsp3) is 0.147. The lowest BCUT2D eigenvalue weighted by Gasteiger charge is -2.27. The Balaban J connectivity index is 0.00000353. The summed E-state index contributed by atoms with van der Waals surface area (Å²) in [5.41, 5.74) is 2.04. The average Bonchev–Trinajstić information content (AvgIpc) is 3.55. The lowest BCUT2D eigenvalue weighted by molar-refractivity contribution is -0.154. The topological polar surface area (TPSA) is 79.5 Å². The highest BCUT2D eigenvalue weighted by atomic mass is 79.9. The molecule has 4 aromatic carbocycles. The molecule has 42 heavy (non-hydrogen) atoms. The van der Waals surface area contributed by atoms with Crippen molar-refractivity contribution < 1.29 is 36.1 Å². The normalized spacial score (nSPS) is 15.0. The van der Waals surface area contributed by atoms with Crippen molar-refractivity contribution in [2.45, 2.75) is 18.9 Å². The first-order valence-corrected chi connectivity index (χ1v) is 15.7. The summed E-state index contributed by atoms with van der Waals surface area (Å²) in [4.78, 5) is 44.3. The van der Waals surface area contributed by atoms with Crippen LogP contribution in [0.15, 0.2) is 121 Å². The lowest BCUT2D eigenvalue weighted by atomic mass is 10.1. The van der Waals surface area contributed by atoms with E-state index in [0.29, 0.717) is 6.42 Å². The zero-order valence-electron chi connectivity index (χ0n) is 22.9. The number of likely N-dealkylation sites (tertiary alicyclic amines) is 1. The van der Waals surface area contributed by atoms with Gasteiger partial charge in [0.05, 0.1) is 6.42 Å². The number of carbonyl (C=O) groups excluding carboxylic acids is 3. The molecule has 1 aliphatic heterocycles. The smallest absolute Gasteiger partial charge is 0.345 e. The van der Waals surface area contributed by atoms with Crippen LogP contribution >= 0.6 is 7.26 Å². The zero-order valence-corrected chi connectivity index (χ0v) is 25.3. The Bertz CT molecular complexity index is 1600. The van der Waals surface area contributed by atoms with Gasteiger partial charge in [0, 0.05) is 23.6 Å². The van der Waals surface area contributed by atoms with E-state index in [1.165, 1.54) is 4.90 Å². The molecule has 1 aliphatic rings. The molecule has 0 saturated carbocycles. The maximum Gasteiger partial charge on any atom is 0.345 e. The third-order valence-corrected chi connectivity index (χ3v) is 12.0. The number of hydrogen-bond donors (Lipinski definition) is 1. The van der Waals surface area contributed by atoms with E-state index in [2.05, 4.69) is 41.4 Å². The number of aromatic nitrogens is 1. The van der Waals surface area contributed by atoms with Gasteiger partial charge in [-0.05, 0) is 54.4 Å².